The second-order valence-electron chi connectivity index (χ2n) is 6.23. The molecule has 0 saturated carbocycles. The van der Waals surface area contributed by atoms with Gasteiger partial charge in [0.1, 0.15) is 12.2 Å². The number of esters is 2. The molecule has 0 amide bonds. The molecule has 25 heteroatoms. The lowest BCUT2D eigenvalue weighted by molar-refractivity contribution is -0.148. The summed E-state index contributed by atoms with van der Waals surface area (Å²) < 4.78 is 45.0. The van der Waals surface area contributed by atoms with Gasteiger partial charge in [0.25, 0.3) is 0 Å². The van der Waals surface area contributed by atoms with Crippen molar-refractivity contribution in [2.24, 2.45) is 0 Å². The summed E-state index contributed by atoms with van der Waals surface area (Å²) in [6.45, 7) is -1.34. The molecule has 2 heterocycles. The van der Waals surface area contributed by atoms with E-state index >= 15 is 0 Å². The van der Waals surface area contributed by atoms with E-state index in [1.165, 1.54) is 0 Å². The summed E-state index contributed by atoms with van der Waals surface area (Å²) in [7, 11) is -16.2. The first-order valence-corrected chi connectivity index (χ1v) is 13.2. The number of carbonyl (C=O) groups is 2. The van der Waals surface area contributed by atoms with E-state index in [1.54, 1.807) is 0 Å². The van der Waals surface area contributed by atoms with Crippen LogP contribution < -0.4 is 0 Å². The molecule has 2 aliphatic heterocycles. The van der Waals surface area contributed by atoms with Crippen LogP contribution in [0.1, 0.15) is 0 Å². The number of carbonyl (C=O) groups excluding carboxylic acids is 2. The summed E-state index contributed by atoms with van der Waals surface area (Å²) >= 11 is 0. The van der Waals surface area contributed by atoms with E-state index in [2.05, 4.69) is 18.1 Å². The maximum absolute atomic E-state index is 10.5. The van der Waals surface area contributed by atoms with Crippen LogP contribution in [-0.4, -0.2) is 115 Å². The Morgan fingerprint density at radius 1 is 0.676 bits per heavy atom. The van der Waals surface area contributed by atoms with Crippen LogP contribution in [0.5, 0.6) is 0 Å². The Balaban J connectivity index is 0.000000526. The van der Waals surface area contributed by atoms with Gasteiger partial charge < -0.3 is 74.8 Å². The monoisotopic (exact) mass is 610 g/mol. The van der Waals surface area contributed by atoms with Gasteiger partial charge in [-0.2, -0.15) is 8.62 Å². The highest BCUT2D eigenvalue weighted by atomic mass is 31.3. The number of phosphoric acid groups is 3. The van der Waals surface area contributed by atoms with Crippen LogP contribution in [0.2, 0.25) is 0 Å². The van der Waals surface area contributed by atoms with Crippen molar-refractivity contribution < 1.29 is 107 Å². The summed E-state index contributed by atoms with van der Waals surface area (Å²) in [5.74, 6) is -5.56. The Morgan fingerprint density at radius 2 is 0.946 bits per heavy atom. The van der Waals surface area contributed by atoms with Crippen molar-refractivity contribution in [1.82, 2.24) is 0 Å². The molecule has 2 aliphatic rings. The van der Waals surface area contributed by atoms with Gasteiger partial charge >= 0.3 is 35.4 Å². The van der Waals surface area contributed by atoms with Crippen LogP contribution in [0.3, 0.4) is 0 Å². The molecule has 0 aromatic carbocycles. The molecule has 0 unspecified atom stereocenters. The summed E-state index contributed by atoms with van der Waals surface area (Å²) in [6, 6.07) is 0. The molecule has 0 fully saturated rings. The van der Waals surface area contributed by atoms with Crippen molar-refractivity contribution in [3.05, 3.63) is 23.0 Å². The summed E-state index contributed by atoms with van der Waals surface area (Å²) in [4.78, 5) is 61.3. The number of rotatable bonds is 8. The Labute approximate surface area is 203 Å². The zero-order chi connectivity index (χ0) is 29.5. The summed E-state index contributed by atoms with van der Waals surface area (Å²) in [5, 5.41) is 70.1. The number of hydrogen-bond donors (Lipinski definition) is 13. The van der Waals surface area contributed by atoms with Gasteiger partial charge in [0.05, 0.1) is 13.2 Å². The van der Waals surface area contributed by atoms with E-state index in [0.717, 1.165) is 0 Å². The highest BCUT2D eigenvalue weighted by Gasteiger charge is 2.40. The molecule has 216 valence electrons. The van der Waals surface area contributed by atoms with E-state index in [9.17, 15) is 23.3 Å². The molecule has 37 heavy (non-hydrogen) atoms. The molecular formula is C12H21O22P3. The largest absolute Gasteiger partial charge is 0.505 e. The van der Waals surface area contributed by atoms with E-state index in [4.69, 9.17) is 65.3 Å². The SMILES string of the molecule is O=C1O[C@H]([C@@H](O)CO)C(O)=C1O.O=C1O[C@H]([C@@H](O)CO)C(O)=C1O.O=P(O)(O)OP(=O)(O)OP(=O)(O)O. The lowest BCUT2D eigenvalue weighted by atomic mass is 10.2. The van der Waals surface area contributed by atoms with Gasteiger partial charge in [-0.1, -0.05) is 0 Å². The second-order valence-corrected chi connectivity index (χ2v) is 10.4. The number of ether oxygens (including phenoxy) is 2. The molecule has 0 aromatic rings. The molecule has 0 aliphatic carbocycles. The molecule has 0 radical (unpaired) electrons. The van der Waals surface area contributed by atoms with Crippen LogP contribution in [0.4, 0.5) is 0 Å². The molecule has 4 atom stereocenters. The third kappa shape index (κ3) is 11.9. The molecule has 22 nitrogen and oxygen atoms in total. The lowest BCUT2D eigenvalue weighted by Gasteiger charge is -2.13. The Morgan fingerprint density at radius 3 is 1.11 bits per heavy atom. The zero-order valence-electron chi connectivity index (χ0n) is 17.6. The molecule has 2 rings (SSSR count). The van der Waals surface area contributed by atoms with Crippen molar-refractivity contribution in [3.8, 4) is 0 Å². The van der Waals surface area contributed by atoms with Gasteiger partial charge in [-0.15, -0.1) is 0 Å². The van der Waals surface area contributed by atoms with Crippen molar-refractivity contribution in [1.29, 1.82) is 0 Å². The number of cyclic esters (lactones) is 2. The van der Waals surface area contributed by atoms with Crippen molar-refractivity contribution >= 4 is 35.4 Å². The zero-order valence-corrected chi connectivity index (χ0v) is 20.2. The quantitative estimate of drug-likeness (QED) is 0.0935. The van der Waals surface area contributed by atoms with Crippen molar-refractivity contribution in [3.63, 3.8) is 0 Å². The predicted molar refractivity (Wildman–Crippen MR) is 107 cm³/mol. The maximum Gasteiger partial charge on any atom is 0.490 e. The van der Waals surface area contributed by atoms with Gasteiger partial charge in [-0.25, -0.2) is 23.3 Å². The average molecular weight is 610 g/mol. The van der Waals surface area contributed by atoms with Gasteiger partial charge in [0.2, 0.25) is 11.5 Å². The molecule has 0 saturated heterocycles. The fraction of sp³-hybridized carbons (Fsp3) is 0.500. The Bertz CT molecular complexity index is 958. The first-order chi connectivity index (χ1) is 16.6. The standard InChI is InChI=1S/2C6H8O6.H5O10P3/c2*7-1-2(8)5-3(9)4(10)6(11)12-5;1-11(2,3)9-13(7,8)10-12(4,5)6/h2*2,5,7-10H,1H2;(H,7,8)(H2,1,2,3)(H2,4,5,6)/t2*2-,5+;/m00./s1. The molecular weight excluding hydrogens is 589 g/mol. The fourth-order valence-electron chi connectivity index (χ4n) is 1.93. The fourth-order valence-corrected chi connectivity index (χ4v) is 4.47. The Kier molecular flexibility index (Phi) is 12.8. The third-order valence-electron chi connectivity index (χ3n) is 3.37. The van der Waals surface area contributed by atoms with E-state index in [0.29, 0.717) is 0 Å². The van der Waals surface area contributed by atoms with E-state index < -0.39 is 96.1 Å². The van der Waals surface area contributed by atoms with Crippen LogP contribution in [0.15, 0.2) is 23.0 Å². The molecule has 0 bridgehead atoms. The van der Waals surface area contributed by atoms with Crippen LogP contribution in [0.25, 0.3) is 0 Å². The normalized spacial score (nSPS) is 21.9. The van der Waals surface area contributed by atoms with Gasteiger partial charge in [0.15, 0.2) is 23.7 Å². The highest BCUT2D eigenvalue weighted by Crippen LogP contribution is 2.64. The number of aliphatic hydroxyl groups excluding tert-OH is 8. The second kappa shape index (κ2) is 13.6. The molecule has 0 aromatic heterocycles. The van der Waals surface area contributed by atoms with Crippen LogP contribution in [-0.2, 0) is 41.4 Å². The van der Waals surface area contributed by atoms with Gasteiger partial charge in [-0.3, -0.25) is 0 Å². The summed E-state index contributed by atoms with van der Waals surface area (Å²) in [5.41, 5.74) is 0. The van der Waals surface area contributed by atoms with Gasteiger partial charge in [0, 0.05) is 0 Å². The third-order valence-corrected chi connectivity index (χ3v) is 6.72. The van der Waals surface area contributed by atoms with Crippen molar-refractivity contribution in [2.45, 2.75) is 24.4 Å². The minimum absolute atomic E-state index is 0.671. The first-order valence-electron chi connectivity index (χ1n) is 8.67. The lowest BCUT2D eigenvalue weighted by Crippen LogP contribution is -2.31. The van der Waals surface area contributed by atoms with Gasteiger partial charge in [-0.05, 0) is 0 Å². The smallest absolute Gasteiger partial charge is 0.490 e. The summed E-state index contributed by atoms with van der Waals surface area (Å²) in [6.07, 6.45) is -5.55. The number of aliphatic hydroxyl groups is 8. The molecule has 0 spiro atoms. The first kappa shape index (κ1) is 34.9. The Hall–Kier alpha value is -2.13. The van der Waals surface area contributed by atoms with Crippen LogP contribution >= 0.6 is 23.5 Å². The molecule has 13 N–H and O–H groups in total. The highest BCUT2D eigenvalue weighted by molar-refractivity contribution is 7.66. The maximum atomic E-state index is 10.5. The van der Waals surface area contributed by atoms with E-state index in [-0.39, 0.29) is 0 Å². The average Bonchev–Trinajstić information content (AvgIpc) is 3.14. The van der Waals surface area contributed by atoms with E-state index in [1.807, 2.05) is 0 Å². The number of hydrogen-bond acceptors (Lipinski definition) is 17. The predicted octanol–water partition coefficient (Wildman–Crippen LogP) is -3.51. The van der Waals surface area contributed by atoms with Crippen molar-refractivity contribution in [2.75, 3.05) is 13.2 Å². The minimum atomic E-state index is -5.46. The van der Waals surface area contributed by atoms with Crippen LogP contribution in [0, 0.1) is 0 Å². The topological polar surface area (TPSA) is 385 Å². The minimum Gasteiger partial charge on any atom is -0.505 e.